The summed E-state index contributed by atoms with van der Waals surface area (Å²) in [5, 5.41) is 0. The molecule has 0 bridgehead atoms. The Hall–Kier alpha value is -0.790. The van der Waals surface area contributed by atoms with Crippen LogP contribution in [0.2, 0.25) is 0 Å². The van der Waals surface area contributed by atoms with Crippen LogP contribution < -0.4 is 0 Å². The molecule has 1 aliphatic heterocycles. The van der Waals surface area contributed by atoms with Crippen molar-refractivity contribution in [2.45, 2.75) is 76.7 Å². The normalized spacial score (nSPS) is 31.4. The first kappa shape index (κ1) is 13.6. The number of hydrogen-bond acceptors (Lipinski definition) is 2. The van der Waals surface area contributed by atoms with Crippen LogP contribution in [0.4, 0.5) is 0 Å². The van der Waals surface area contributed by atoms with Crippen LogP contribution in [0.5, 0.6) is 0 Å². The average Bonchev–Trinajstić information content (AvgIpc) is 2.37. The molecule has 2 aliphatic rings. The molecule has 0 aromatic heterocycles. The minimum Gasteiger partial charge on any atom is -0.461 e. The summed E-state index contributed by atoms with van der Waals surface area (Å²) in [6.45, 7) is 0. The number of ether oxygens (including phenoxy) is 1. The molecule has 0 spiro atoms. The van der Waals surface area contributed by atoms with E-state index in [0.717, 1.165) is 25.7 Å². The van der Waals surface area contributed by atoms with Crippen LogP contribution in [0.25, 0.3) is 0 Å². The lowest BCUT2D eigenvalue weighted by molar-refractivity contribution is -0.186. The third-order valence-corrected chi connectivity index (χ3v) is 4.18. The highest BCUT2D eigenvalue weighted by Crippen LogP contribution is 2.31. The number of rotatable bonds is 0. The molecule has 1 saturated heterocycles. The van der Waals surface area contributed by atoms with Crippen LogP contribution in [-0.4, -0.2) is 12.1 Å². The Morgan fingerprint density at radius 1 is 0.833 bits per heavy atom. The fourth-order valence-electron chi connectivity index (χ4n) is 2.97. The average molecular weight is 250 g/mol. The van der Waals surface area contributed by atoms with E-state index in [1.54, 1.807) is 0 Å². The van der Waals surface area contributed by atoms with Crippen LogP contribution in [0.3, 0.4) is 0 Å². The molecular formula is C16H26O2. The first-order valence-corrected chi connectivity index (χ1v) is 7.73. The van der Waals surface area contributed by atoms with Crippen molar-refractivity contribution in [2.24, 2.45) is 5.92 Å². The fourth-order valence-corrected chi connectivity index (χ4v) is 2.97. The quantitative estimate of drug-likeness (QED) is 0.471. The van der Waals surface area contributed by atoms with Gasteiger partial charge in [-0.2, -0.15) is 0 Å². The maximum Gasteiger partial charge on any atom is 0.313 e. The van der Waals surface area contributed by atoms with Crippen molar-refractivity contribution >= 4 is 5.97 Å². The molecule has 18 heavy (non-hydrogen) atoms. The van der Waals surface area contributed by atoms with Gasteiger partial charge in [-0.05, 0) is 44.9 Å². The summed E-state index contributed by atoms with van der Waals surface area (Å²) < 4.78 is 5.27. The highest BCUT2D eigenvalue weighted by atomic mass is 16.6. The van der Waals surface area contributed by atoms with Crippen LogP contribution in [0, 0.1) is 5.92 Å². The molecule has 0 N–H and O–H groups in total. The van der Waals surface area contributed by atoms with Gasteiger partial charge in [0, 0.05) is 0 Å². The molecule has 0 saturated carbocycles. The number of esters is 1. The van der Waals surface area contributed by atoms with Gasteiger partial charge in [0.2, 0.25) is 0 Å². The third-order valence-electron chi connectivity index (χ3n) is 4.18. The second-order valence-electron chi connectivity index (χ2n) is 5.68. The van der Waals surface area contributed by atoms with Crippen molar-refractivity contribution in [3.8, 4) is 0 Å². The van der Waals surface area contributed by atoms with Gasteiger partial charge in [-0.3, -0.25) is 4.79 Å². The van der Waals surface area contributed by atoms with Crippen molar-refractivity contribution in [3.05, 3.63) is 12.2 Å². The summed E-state index contributed by atoms with van der Waals surface area (Å²) in [5.41, 5.74) is 0. The first-order chi connectivity index (χ1) is 8.88. The Morgan fingerprint density at radius 3 is 2.28 bits per heavy atom. The lowest BCUT2D eigenvalue weighted by Gasteiger charge is -2.35. The summed E-state index contributed by atoms with van der Waals surface area (Å²) in [6, 6.07) is 0. The van der Waals surface area contributed by atoms with E-state index in [1.165, 1.54) is 44.9 Å². The topological polar surface area (TPSA) is 26.3 Å². The molecule has 1 fully saturated rings. The zero-order valence-electron chi connectivity index (χ0n) is 11.4. The summed E-state index contributed by atoms with van der Waals surface area (Å²) >= 11 is 0. The zero-order valence-corrected chi connectivity index (χ0v) is 11.4. The molecule has 0 amide bonds. The van der Waals surface area contributed by atoms with Gasteiger partial charge in [0.15, 0.2) is 0 Å². The molecule has 2 rings (SSSR count). The van der Waals surface area contributed by atoms with E-state index in [-0.39, 0.29) is 18.0 Å². The van der Waals surface area contributed by atoms with Crippen molar-refractivity contribution < 1.29 is 9.53 Å². The predicted octanol–water partition coefficient (Wildman–Crippen LogP) is 4.39. The highest BCUT2D eigenvalue weighted by Gasteiger charge is 2.40. The molecule has 2 nitrogen and oxygen atoms in total. The Labute approximate surface area is 111 Å². The molecule has 102 valence electrons. The van der Waals surface area contributed by atoms with Crippen LogP contribution in [0.1, 0.15) is 70.6 Å². The second kappa shape index (κ2) is 7.60. The number of fused-ring (bicyclic) bond motifs is 1. The van der Waals surface area contributed by atoms with Crippen molar-refractivity contribution in [1.82, 2.24) is 0 Å². The second-order valence-corrected chi connectivity index (χ2v) is 5.68. The minimum absolute atomic E-state index is 0.0493. The number of carbonyl (C=O) groups excluding carboxylic acids is 1. The SMILES string of the molecule is O=C1OC2CCCCCCCCC=CCCCC12. The zero-order chi connectivity index (χ0) is 12.6. The van der Waals surface area contributed by atoms with Gasteiger partial charge in [-0.1, -0.05) is 37.8 Å². The van der Waals surface area contributed by atoms with E-state index in [1.807, 2.05) is 0 Å². The van der Waals surface area contributed by atoms with Gasteiger partial charge in [-0.15, -0.1) is 0 Å². The number of carbonyl (C=O) groups is 1. The van der Waals surface area contributed by atoms with Gasteiger partial charge in [0.25, 0.3) is 0 Å². The van der Waals surface area contributed by atoms with E-state index in [4.69, 9.17) is 4.74 Å². The molecule has 2 unspecified atom stereocenters. The smallest absolute Gasteiger partial charge is 0.313 e. The molecule has 1 aliphatic carbocycles. The lowest BCUT2D eigenvalue weighted by atomic mass is 9.88. The highest BCUT2D eigenvalue weighted by molar-refractivity contribution is 5.78. The Bertz CT molecular complexity index is 283. The van der Waals surface area contributed by atoms with Gasteiger partial charge < -0.3 is 4.74 Å². The van der Waals surface area contributed by atoms with E-state index < -0.39 is 0 Å². The summed E-state index contributed by atoms with van der Waals surface area (Å²) in [5.74, 6) is 0.261. The van der Waals surface area contributed by atoms with E-state index in [2.05, 4.69) is 12.2 Å². The van der Waals surface area contributed by atoms with Gasteiger partial charge >= 0.3 is 5.97 Å². The van der Waals surface area contributed by atoms with Crippen LogP contribution in [0.15, 0.2) is 12.2 Å². The Balaban J connectivity index is 1.76. The molecular weight excluding hydrogens is 224 g/mol. The van der Waals surface area contributed by atoms with Crippen LogP contribution in [-0.2, 0) is 9.53 Å². The molecule has 0 aromatic carbocycles. The predicted molar refractivity (Wildman–Crippen MR) is 73.3 cm³/mol. The van der Waals surface area contributed by atoms with E-state index in [0.29, 0.717) is 0 Å². The largest absolute Gasteiger partial charge is 0.461 e. The molecule has 0 aromatic rings. The maximum absolute atomic E-state index is 11.4. The van der Waals surface area contributed by atoms with E-state index >= 15 is 0 Å². The number of allylic oxidation sites excluding steroid dienone is 2. The van der Waals surface area contributed by atoms with Gasteiger partial charge in [0.1, 0.15) is 6.10 Å². The lowest BCUT2D eigenvalue weighted by Crippen LogP contribution is -2.44. The van der Waals surface area contributed by atoms with Crippen molar-refractivity contribution in [3.63, 3.8) is 0 Å². The monoisotopic (exact) mass is 250 g/mol. The summed E-state index contributed by atoms with van der Waals surface area (Å²) in [4.78, 5) is 11.4. The van der Waals surface area contributed by atoms with Crippen molar-refractivity contribution in [2.75, 3.05) is 0 Å². The Morgan fingerprint density at radius 2 is 1.50 bits per heavy atom. The molecule has 2 atom stereocenters. The summed E-state index contributed by atoms with van der Waals surface area (Å²) in [6.07, 6.45) is 18.4. The molecule has 2 heteroatoms. The minimum atomic E-state index is 0.0493. The molecule has 1 heterocycles. The maximum atomic E-state index is 11.4. The van der Waals surface area contributed by atoms with E-state index in [9.17, 15) is 4.79 Å². The third kappa shape index (κ3) is 4.15. The van der Waals surface area contributed by atoms with Gasteiger partial charge in [-0.25, -0.2) is 0 Å². The standard InChI is InChI=1S/C16H26O2/c17-16-14-12-10-8-6-4-2-1-3-5-7-9-11-13-15(14)18-16/h4,6,14-15H,1-3,5,7-13H2. The Kier molecular flexibility index (Phi) is 5.76. The van der Waals surface area contributed by atoms with Crippen LogP contribution >= 0.6 is 0 Å². The number of hydrogen-bond donors (Lipinski definition) is 0. The van der Waals surface area contributed by atoms with Crippen molar-refractivity contribution in [1.29, 1.82) is 0 Å². The summed E-state index contributed by atoms with van der Waals surface area (Å²) in [7, 11) is 0. The van der Waals surface area contributed by atoms with Gasteiger partial charge in [0.05, 0.1) is 5.92 Å². The first-order valence-electron chi connectivity index (χ1n) is 7.73. The fraction of sp³-hybridized carbons (Fsp3) is 0.812. The molecule has 0 radical (unpaired) electrons.